The van der Waals surface area contributed by atoms with E-state index in [0.29, 0.717) is 6.79 Å². The maximum Gasteiger partial charge on any atom is 0.145 e. The number of ether oxygens (including phenoxy) is 5. The van der Waals surface area contributed by atoms with Crippen LogP contribution in [0.25, 0.3) is 0 Å². The molecule has 0 aliphatic rings. The second-order valence-electron chi connectivity index (χ2n) is 5.08. The van der Waals surface area contributed by atoms with Crippen LogP contribution in [0.4, 0.5) is 0 Å². The number of hydrogen-bond acceptors (Lipinski definition) is 9. The molecule has 1 aromatic carbocycles. The van der Waals surface area contributed by atoms with Crippen LogP contribution in [0.2, 0.25) is 0 Å². The van der Waals surface area contributed by atoms with E-state index in [4.69, 9.17) is 34.6 Å². The Kier molecular flexibility index (Phi) is 17.2. The molecule has 1 rings (SSSR count). The largest absolute Gasteiger partial charge is 0.496 e. The molecule has 0 heterocycles. The van der Waals surface area contributed by atoms with Crippen molar-refractivity contribution in [2.24, 2.45) is 5.41 Å². The molecule has 0 fully saturated rings. The third-order valence-corrected chi connectivity index (χ3v) is 3.14. The van der Waals surface area contributed by atoms with Gasteiger partial charge in [0, 0.05) is 32.4 Å². The van der Waals surface area contributed by atoms with Crippen molar-refractivity contribution in [1.82, 2.24) is 0 Å². The van der Waals surface area contributed by atoms with Gasteiger partial charge in [0.25, 0.3) is 0 Å². The maximum atomic E-state index is 8.50. The lowest BCUT2D eigenvalue weighted by atomic mass is 9.93. The molecule has 0 aliphatic carbocycles. The lowest BCUT2D eigenvalue weighted by Crippen LogP contribution is -2.37. The van der Waals surface area contributed by atoms with Crippen LogP contribution < -0.4 is 14.2 Å². The first kappa shape index (κ1) is 26.6. The summed E-state index contributed by atoms with van der Waals surface area (Å²) in [5, 5.41) is 34.0. The molecule has 0 bridgehead atoms. The molecule has 154 valence electrons. The van der Waals surface area contributed by atoms with Crippen molar-refractivity contribution >= 4 is 0 Å². The average molecular weight is 380 g/mol. The van der Waals surface area contributed by atoms with Gasteiger partial charge in [0.2, 0.25) is 0 Å². The quantitative estimate of drug-likeness (QED) is 0.434. The summed E-state index contributed by atoms with van der Waals surface area (Å²) in [5.74, 6) is 2.18. The van der Waals surface area contributed by atoms with Gasteiger partial charge in [0.1, 0.15) is 24.0 Å². The van der Waals surface area contributed by atoms with Crippen molar-refractivity contribution in [2.75, 3.05) is 68.8 Å². The van der Waals surface area contributed by atoms with E-state index < -0.39 is 31.8 Å². The number of aliphatic hydroxyl groups is 4. The number of aliphatic hydroxyl groups excluding tert-OH is 4. The number of benzene rings is 1. The molecule has 0 aromatic heterocycles. The Balaban J connectivity index is 0. The minimum Gasteiger partial charge on any atom is -0.496 e. The van der Waals surface area contributed by atoms with Crippen LogP contribution in [0.15, 0.2) is 18.2 Å². The molecule has 0 radical (unpaired) electrons. The molecular weight excluding hydrogens is 348 g/mol. The highest BCUT2D eigenvalue weighted by Crippen LogP contribution is 2.26. The van der Waals surface area contributed by atoms with Crippen LogP contribution >= 0.6 is 0 Å². The van der Waals surface area contributed by atoms with Gasteiger partial charge < -0.3 is 44.1 Å². The van der Waals surface area contributed by atoms with Crippen LogP contribution in [0, 0.1) is 5.41 Å². The molecule has 26 heavy (non-hydrogen) atoms. The summed E-state index contributed by atoms with van der Waals surface area (Å²) in [6.45, 7) is -1.24. The molecule has 0 spiro atoms. The third-order valence-electron chi connectivity index (χ3n) is 3.14. The smallest absolute Gasteiger partial charge is 0.145 e. The first-order valence-electron chi connectivity index (χ1n) is 7.64. The highest BCUT2D eigenvalue weighted by atomic mass is 16.6. The molecule has 0 atom stereocenters. The van der Waals surface area contributed by atoms with Crippen molar-refractivity contribution in [3.05, 3.63) is 18.2 Å². The number of hydrogen-bond donors (Lipinski definition) is 4. The van der Waals surface area contributed by atoms with Gasteiger partial charge in [0.15, 0.2) is 0 Å². The van der Waals surface area contributed by atoms with E-state index in [0.717, 1.165) is 17.2 Å². The molecule has 0 saturated heterocycles. The Morgan fingerprint density at radius 1 is 0.615 bits per heavy atom. The Labute approximate surface area is 154 Å². The van der Waals surface area contributed by atoms with E-state index >= 15 is 0 Å². The monoisotopic (exact) mass is 380 g/mol. The van der Waals surface area contributed by atoms with Gasteiger partial charge in [-0.15, -0.1) is 0 Å². The maximum absolute atomic E-state index is 8.50. The van der Waals surface area contributed by atoms with Crippen LogP contribution in [0.5, 0.6) is 17.2 Å². The van der Waals surface area contributed by atoms with Crippen LogP contribution in [0.3, 0.4) is 0 Å². The van der Waals surface area contributed by atoms with E-state index in [9.17, 15) is 0 Å². The summed E-state index contributed by atoms with van der Waals surface area (Å²) in [6, 6.07) is 5.38. The lowest BCUT2D eigenvalue weighted by molar-refractivity contribution is -0.0328. The molecule has 0 aliphatic heterocycles. The Bertz CT molecular complexity index is 361. The van der Waals surface area contributed by atoms with Crippen molar-refractivity contribution in [3.8, 4) is 17.2 Å². The van der Waals surface area contributed by atoms with Crippen molar-refractivity contribution in [2.45, 2.75) is 0 Å². The molecule has 0 amide bonds. The zero-order chi connectivity index (χ0) is 20.4. The van der Waals surface area contributed by atoms with E-state index in [1.165, 1.54) is 0 Å². The SMILES string of the molecule is COCOC.COc1cc(OC)cc(OC)c1.OCC(CO)(CO)CO. The first-order chi connectivity index (χ1) is 12.5. The standard InChI is InChI=1S/C9H12O3.C5H12O4.C3H8O2/c1-10-7-4-8(11-2)6-9(5-7)12-3;6-1-5(2-7,3-8)4-9;1-4-3-5-2/h4-6H,1-3H3;6-9H,1-4H2;3H2,1-2H3. The predicted octanol–water partition coefficient (Wildman–Crippen LogP) is -0.109. The Hall–Kier alpha value is -1.62. The van der Waals surface area contributed by atoms with Gasteiger partial charge in [-0.25, -0.2) is 0 Å². The fourth-order valence-electron chi connectivity index (χ4n) is 1.32. The second-order valence-corrected chi connectivity index (χ2v) is 5.08. The highest BCUT2D eigenvalue weighted by molar-refractivity contribution is 5.41. The number of methoxy groups -OCH3 is 5. The Morgan fingerprint density at radius 3 is 0.962 bits per heavy atom. The summed E-state index contributed by atoms with van der Waals surface area (Å²) in [4.78, 5) is 0. The van der Waals surface area contributed by atoms with Crippen molar-refractivity contribution in [1.29, 1.82) is 0 Å². The van der Waals surface area contributed by atoms with Crippen molar-refractivity contribution < 1.29 is 44.1 Å². The zero-order valence-corrected chi connectivity index (χ0v) is 16.1. The second kappa shape index (κ2) is 16.8. The first-order valence-corrected chi connectivity index (χ1v) is 7.64. The summed E-state index contributed by atoms with van der Waals surface area (Å²) < 4.78 is 24.1. The van der Waals surface area contributed by atoms with E-state index in [2.05, 4.69) is 9.47 Å². The Morgan fingerprint density at radius 2 is 0.885 bits per heavy atom. The summed E-state index contributed by atoms with van der Waals surface area (Å²) in [6.07, 6.45) is 0. The molecule has 9 nitrogen and oxygen atoms in total. The van der Waals surface area contributed by atoms with E-state index in [1.807, 2.05) is 0 Å². The highest BCUT2D eigenvalue weighted by Gasteiger charge is 2.26. The van der Waals surface area contributed by atoms with Crippen LogP contribution in [-0.4, -0.2) is 89.2 Å². The molecule has 0 unspecified atom stereocenters. The van der Waals surface area contributed by atoms with Gasteiger partial charge in [0.05, 0.1) is 53.2 Å². The summed E-state index contributed by atoms with van der Waals surface area (Å²) in [5.41, 5.74) is -1.11. The zero-order valence-electron chi connectivity index (χ0n) is 16.1. The number of rotatable bonds is 9. The lowest BCUT2D eigenvalue weighted by Gasteiger charge is -2.23. The average Bonchev–Trinajstić information content (AvgIpc) is 2.71. The van der Waals surface area contributed by atoms with Gasteiger partial charge >= 0.3 is 0 Å². The van der Waals surface area contributed by atoms with Crippen LogP contribution in [-0.2, 0) is 9.47 Å². The van der Waals surface area contributed by atoms with Crippen LogP contribution in [0.1, 0.15) is 0 Å². The fourth-order valence-corrected chi connectivity index (χ4v) is 1.32. The predicted molar refractivity (Wildman–Crippen MR) is 95.8 cm³/mol. The summed E-state index contributed by atoms with van der Waals surface area (Å²) >= 11 is 0. The normalized spacial score (nSPS) is 10.0. The molecule has 0 saturated carbocycles. The van der Waals surface area contributed by atoms with Gasteiger partial charge in [-0.1, -0.05) is 0 Å². The molecule has 4 N–H and O–H groups in total. The van der Waals surface area contributed by atoms with Gasteiger partial charge in [-0.05, 0) is 0 Å². The van der Waals surface area contributed by atoms with Gasteiger partial charge in [-0.3, -0.25) is 0 Å². The van der Waals surface area contributed by atoms with E-state index in [1.54, 1.807) is 53.7 Å². The molecule has 9 heteroatoms. The fraction of sp³-hybridized carbons (Fsp3) is 0.647. The van der Waals surface area contributed by atoms with E-state index in [-0.39, 0.29) is 0 Å². The topological polar surface area (TPSA) is 127 Å². The minimum absolute atomic E-state index is 0.389. The van der Waals surface area contributed by atoms with Crippen molar-refractivity contribution in [3.63, 3.8) is 0 Å². The van der Waals surface area contributed by atoms with Gasteiger partial charge in [-0.2, -0.15) is 0 Å². The molecule has 1 aromatic rings. The minimum atomic E-state index is -1.11. The third kappa shape index (κ3) is 11.1. The molecular formula is C17H32O9. The summed E-state index contributed by atoms with van der Waals surface area (Å²) in [7, 11) is 7.99.